The highest BCUT2D eigenvalue weighted by atomic mass is 32.2. The number of thioether (sulfide) groups is 2. The molecule has 130 valence electrons. The maximum absolute atomic E-state index is 12.2. The van der Waals surface area contributed by atoms with E-state index in [9.17, 15) is 24.0 Å². The van der Waals surface area contributed by atoms with E-state index < -0.39 is 12.1 Å². The molecule has 0 aliphatic heterocycles. The van der Waals surface area contributed by atoms with Crippen LogP contribution < -0.4 is 10.6 Å². The van der Waals surface area contributed by atoms with Gasteiger partial charge in [0.1, 0.15) is 6.04 Å². The Morgan fingerprint density at radius 1 is 0.826 bits per heavy atom. The predicted octanol–water partition coefficient (Wildman–Crippen LogP) is 0.514. The van der Waals surface area contributed by atoms with Crippen LogP contribution in [0.3, 0.4) is 0 Å². The van der Waals surface area contributed by atoms with Crippen molar-refractivity contribution in [2.24, 2.45) is 0 Å². The molecule has 23 heavy (non-hydrogen) atoms. The molecule has 0 aromatic carbocycles. The number of carbonyl (C=O) groups excluding carboxylic acids is 5. The first-order valence-corrected chi connectivity index (χ1v) is 9.01. The van der Waals surface area contributed by atoms with Gasteiger partial charge < -0.3 is 10.6 Å². The van der Waals surface area contributed by atoms with E-state index in [1.165, 1.54) is 20.8 Å². The zero-order chi connectivity index (χ0) is 18.0. The molecule has 9 heteroatoms. The molecule has 2 atom stereocenters. The lowest BCUT2D eigenvalue weighted by molar-refractivity contribution is -0.126. The normalized spacial score (nSPS) is 12.9. The van der Waals surface area contributed by atoms with Crippen LogP contribution in [0.25, 0.3) is 0 Å². The maximum atomic E-state index is 12.2. The average molecular weight is 362 g/mol. The Balaban J connectivity index is 4.73. The second kappa shape index (κ2) is 11.2. The summed E-state index contributed by atoms with van der Waals surface area (Å²) < 4.78 is 0. The average Bonchev–Trinajstić information content (AvgIpc) is 2.45. The molecule has 2 unspecified atom stereocenters. The number of rotatable bonds is 9. The fraction of sp³-hybridized carbons (Fsp3) is 0.643. The fourth-order valence-corrected chi connectivity index (χ4v) is 3.27. The van der Waals surface area contributed by atoms with Crippen LogP contribution in [0, 0.1) is 0 Å². The summed E-state index contributed by atoms with van der Waals surface area (Å²) in [5.74, 6) is -0.680. The Morgan fingerprint density at radius 3 is 1.74 bits per heavy atom. The lowest BCUT2D eigenvalue weighted by Gasteiger charge is -2.18. The van der Waals surface area contributed by atoms with Gasteiger partial charge in [0.25, 0.3) is 0 Å². The number of carbonyl (C=O) groups is 5. The number of ketones is 1. The van der Waals surface area contributed by atoms with Crippen molar-refractivity contribution in [2.75, 3.05) is 11.5 Å². The Bertz CT molecular complexity index is 482. The van der Waals surface area contributed by atoms with Crippen molar-refractivity contribution in [2.45, 2.75) is 46.2 Å². The summed E-state index contributed by atoms with van der Waals surface area (Å²) in [4.78, 5) is 57.3. The molecule has 0 bridgehead atoms. The second-order valence-corrected chi connectivity index (χ2v) is 6.98. The van der Waals surface area contributed by atoms with E-state index in [0.29, 0.717) is 0 Å². The molecular formula is C14H22N2O5S2. The highest BCUT2D eigenvalue weighted by Gasteiger charge is 2.24. The van der Waals surface area contributed by atoms with E-state index in [2.05, 4.69) is 10.6 Å². The van der Waals surface area contributed by atoms with Crippen molar-refractivity contribution in [1.29, 1.82) is 0 Å². The van der Waals surface area contributed by atoms with E-state index in [0.717, 1.165) is 23.5 Å². The summed E-state index contributed by atoms with van der Waals surface area (Å²) in [7, 11) is 0. The quantitative estimate of drug-likeness (QED) is 0.615. The number of nitrogens with one attached hydrogen (secondary N) is 2. The Labute approximate surface area is 144 Å². The van der Waals surface area contributed by atoms with Gasteiger partial charge in [0, 0.05) is 38.7 Å². The summed E-state index contributed by atoms with van der Waals surface area (Å²) in [5.41, 5.74) is 0. The topological polar surface area (TPSA) is 109 Å². The summed E-state index contributed by atoms with van der Waals surface area (Å²) in [6, 6.07) is -1.56. The summed E-state index contributed by atoms with van der Waals surface area (Å²) in [6.45, 7) is 5.63. The summed E-state index contributed by atoms with van der Waals surface area (Å²) in [5, 5.41) is 4.49. The van der Waals surface area contributed by atoms with Gasteiger partial charge in [-0.15, -0.1) is 0 Å². The third-order valence-electron chi connectivity index (χ3n) is 2.62. The first kappa shape index (κ1) is 21.6. The van der Waals surface area contributed by atoms with E-state index >= 15 is 0 Å². The molecule has 2 N–H and O–H groups in total. The van der Waals surface area contributed by atoms with Gasteiger partial charge in [-0.05, 0) is 0 Å². The highest BCUT2D eigenvalue weighted by Crippen LogP contribution is 2.14. The first-order valence-electron chi connectivity index (χ1n) is 7.04. The standard InChI is InChI=1S/C14H22N2O5S2/c1-5-13(20)11(15-8(2)17)6-23-14(21)12(16-9(3)18)7-22-10(4)19/h11-12H,5-7H2,1-4H3,(H,15,17)(H,16,18). The molecule has 0 aromatic heterocycles. The van der Waals surface area contributed by atoms with Gasteiger partial charge in [0.2, 0.25) is 16.9 Å². The van der Waals surface area contributed by atoms with Crippen LogP contribution in [0.15, 0.2) is 0 Å². The highest BCUT2D eigenvalue weighted by molar-refractivity contribution is 8.15. The molecule has 2 amide bonds. The fourth-order valence-electron chi connectivity index (χ4n) is 1.59. The lowest BCUT2D eigenvalue weighted by Crippen LogP contribution is -2.44. The van der Waals surface area contributed by atoms with Crippen LogP contribution in [-0.2, 0) is 24.0 Å². The van der Waals surface area contributed by atoms with Gasteiger partial charge >= 0.3 is 0 Å². The molecule has 0 aliphatic carbocycles. The molecule has 0 rings (SSSR count). The number of Topliss-reactive ketones (excluding diaryl/α,β-unsaturated/α-hetero) is 1. The largest absolute Gasteiger partial charge is 0.346 e. The van der Waals surface area contributed by atoms with Crippen molar-refractivity contribution in [3.05, 3.63) is 0 Å². The smallest absolute Gasteiger partial charge is 0.217 e. The molecule has 7 nitrogen and oxygen atoms in total. The van der Waals surface area contributed by atoms with Crippen LogP contribution in [0.2, 0.25) is 0 Å². The maximum Gasteiger partial charge on any atom is 0.217 e. The van der Waals surface area contributed by atoms with Crippen LogP contribution in [0.1, 0.15) is 34.1 Å². The molecule has 0 spiro atoms. The SMILES string of the molecule is CCC(=O)C(CSC(=O)C(CSC(C)=O)NC(C)=O)NC(C)=O. The van der Waals surface area contributed by atoms with E-state index in [4.69, 9.17) is 0 Å². The molecule has 0 radical (unpaired) electrons. The van der Waals surface area contributed by atoms with Crippen molar-refractivity contribution in [3.8, 4) is 0 Å². The minimum Gasteiger partial charge on any atom is -0.346 e. The van der Waals surface area contributed by atoms with E-state index in [1.807, 2.05) is 0 Å². The van der Waals surface area contributed by atoms with E-state index in [1.54, 1.807) is 6.92 Å². The molecule has 0 aromatic rings. The molecule has 0 fully saturated rings. The van der Waals surface area contributed by atoms with Crippen molar-refractivity contribution >= 4 is 51.4 Å². The number of amides is 2. The van der Waals surface area contributed by atoms with Gasteiger partial charge in [0.05, 0.1) is 6.04 Å². The van der Waals surface area contributed by atoms with Crippen molar-refractivity contribution in [3.63, 3.8) is 0 Å². The third kappa shape index (κ3) is 10.1. The van der Waals surface area contributed by atoms with Crippen molar-refractivity contribution < 1.29 is 24.0 Å². The number of hydrogen-bond donors (Lipinski definition) is 2. The van der Waals surface area contributed by atoms with Crippen LogP contribution in [-0.4, -0.2) is 51.4 Å². The summed E-state index contributed by atoms with van der Waals surface area (Å²) >= 11 is 1.80. The van der Waals surface area contributed by atoms with Crippen LogP contribution in [0.5, 0.6) is 0 Å². The first-order chi connectivity index (χ1) is 10.7. The van der Waals surface area contributed by atoms with Gasteiger partial charge in [0.15, 0.2) is 10.9 Å². The summed E-state index contributed by atoms with van der Waals surface area (Å²) in [6.07, 6.45) is 0.245. The number of hydrogen-bond acceptors (Lipinski definition) is 7. The van der Waals surface area contributed by atoms with Gasteiger partial charge in [-0.3, -0.25) is 24.0 Å². The van der Waals surface area contributed by atoms with Gasteiger partial charge in [-0.2, -0.15) is 0 Å². The second-order valence-electron chi connectivity index (χ2n) is 4.76. The van der Waals surface area contributed by atoms with Crippen LogP contribution >= 0.6 is 23.5 Å². The predicted molar refractivity (Wildman–Crippen MR) is 91.1 cm³/mol. The minimum atomic E-state index is -0.818. The Hall–Kier alpha value is -1.35. The lowest BCUT2D eigenvalue weighted by atomic mass is 10.2. The zero-order valence-electron chi connectivity index (χ0n) is 13.6. The Kier molecular flexibility index (Phi) is 10.6. The van der Waals surface area contributed by atoms with Crippen LogP contribution in [0.4, 0.5) is 0 Å². The molecule has 0 saturated heterocycles. The molecular weight excluding hydrogens is 340 g/mol. The molecule has 0 saturated carbocycles. The van der Waals surface area contributed by atoms with Crippen molar-refractivity contribution in [1.82, 2.24) is 10.6 Å². The van der Waals surface area contributed by atoms with E-state index in [-0.39, 0.29) is 45.8 Å². The van der Waals surface area contributed by atoms with Gasteiger partial charge in [-0.1, -0.05) is 30.4 Å². The third-order valence-corrected chi connectivity index (χ3v) is 4.60. The minimum absolute atomic E-state index is 0.0892. The monoisotopic (exact) mass is 362 g/mol. The van der Waals surface area contributed by atoms with Gasteiger partial charge in [-0.25, -0.2) is 0 Å². The molecule has 0 heterocycles. The molecule has 0 aliphatic rings. The zero-order valence-corrected chi connectivity index (χ0v) is 15.3. The Morgan fingerprint density at radius 2 is 1.30 bits per heavy atom.